The van der Waals surface area contributed by atoms with Gasteiger partial charge >= 0.3 is 42.6 Å². The summed E-state index contributed by atoms with van der Waals surface area (Å²) in [5, 5.41) is 1.34. The summed E-state index contributed by atoms with van der Waals surface area (Å²) < 4.78 is 0. The minimum absolute atomic E-state index is 0.0528. The van der Waals surface area contributed by atoms with Crippen molar-refractivity contribution in [2.24, 2.45) is 0 Å². The number of unbranched alkanes of at least 4 members (excludes halogenated alkanes) is 1. The first kappa shape index (κ1) is 25.9. The molecular formula is C23H40LiOP. The van der Waals surface area contributed by atoms with Crippen LogP contribution in [0.5, 0.6) is 0 Å². The van der Waals surface area contributed by atoms with Gasteiger partial charge in [0, 0.05) is 5.56 Å². The van der Waals surface area contributed by atoms with Crippen molar-refractivity contribution in [2.45, 2.75) is 103 Å². The number of benzene rings is 1. The van der Waals surface area contributed by atoms with Crippen LogP contribution in [0.1, 0.15) is 109 Å². The number of carbonyl (C=O) groups is 1. The van der Waals surface area contributed by atoms with E-state index in [-0.39, 0.29) is 21.8 Å². The van der Waals surface area contributed by atoms with Gasteiger partial charge in [0.2, 0.25) is 0 Å². The average molecular weight is 370 g/mol. The van der Waals surface area contributed by atoms with Crippen LogP contribution in [0.15, 0.2) is 12.1 Å². The summed E-state index contributed by atoms with van der Waals surface area (Å²) in [5.41, 5.74) is 4.54. The second-order valence-corrected chi connectivity index (χ2v) is 10.9. The van der Waals surface area contributed by atoms with Gasteiger partial charge in [0.1, 0.15) is 0 Å². The first-order chi connectivity index (χ1) is 11.6. The Morgan fingerprint density at radius 1 is 0.885 bits per heavy atom. The zero-order chi connectivity index (χ0) is 20.9. The van der Waals surface area contributed by atoms with Crippen LogP contribution in [-0.4, -0.2) is 23.2 Å². The van der Waals surface area contributed by atoms with E-state index >= 15 is 0 Å². The van der Waals surface area contributed by atoms with Crippen molar-refractivity contribution in [1.29, 1.82) is 0 Å². The van der Waals surface area contributed by atoms with Gasteiger partial charge in [-0.25, -0.2) is 0 Å². The molecule has 1 unspecified atom stereocenters. The third kappa shape index (κ3) is 7.88. The van der Waals surface area contributed by atoms with Crippen molar-refractivity contribution in [1.82, 2.24) is 0 Å². The summed E-state index contributed by atoms with van der Waals surface area (Å²) in [6.45, 7) is 22.0. The summed E-state index contributed by atoms with van der Waals surface area (Å²) in [6, 6.07) is 4.46. The molecule has 1 atom stereocenters. The number of rotatable bonds is 3. The van der Waals surface area contributed by atoms with Crippen LogP contribution in [0.4, 0.5) is 0 Å². The molecule has 0 amide bonds. The van der Waals surface area contributed by atoms with Crippen molar-refractivity contribution in [3.63, 3.8) is 0 Å². The van der Waals surface area contributed by atoms with Crippen molar-refractivity contribution in [3.05, 3.63) is 34.4 Å². The molecule has 0 radical (unpaired) electrons. The topological polar surface area (TPSA) is 17.1 Å². The summed E-state index contributed by atoms with van der Waals surface area (Å²) in [6.07, 6.45) is 2.73. The van der Waals surface area contributed by atoms with Crippen molar-refractivity contribution in [2.75, 3.05) is 0 Å². The molecule has 26 heavy (non-hydrogen) atoms. The van der Waals surface area contributed by atoms with Crippen LogP contribution in [-0.2, 0) is 16.2 Å². The average Bonchev–Trinajstić information content (AvgIpc) is 2.44. The standard InChI is InChI=1S/C19H31OP.C4H9.Li/c1-17(2,3)12-10-13(18(4,5)6)15(16(20)21)14(11-12)19(7,8)9;1-3-4-2;/h10-11H,21H2,1-9H3;1,3-4H2,2H3;. The molecule has 0 heterocycles. The van der Waals surface area contributed by atoms with E-state index in [1.165, 1.54) is 23.5 Å². The van der Waals surface area contributed by atoms with Gasteiger partial charge in [-0.1, -0.05) is 83.7 Å². The molecule has 0 aliphatic rings. The SMILES string of the molecule is CC(C)(C)c1cc(C(C)(C)C)c(C(=O)P)c(C(C)(C)C)c1.[Li][CH2]CCC. The van der Waals surface area contributed by atoms with Gasteiger partial charge in [-0.05, 0) is 32.9 Å². The van der Waals surface area contributed by atoms with Crippen molar-refractivity contribution >= 4 is 32.5 Å². The first-order valence-electron chi connectivity index (χ1n) is 10.1. The normalized spacial score (nSPS) is 12.5. The van der Waals surface area contributed by atoms with Crippen LogP contribution in [0.25, 0.3) is 0 Å². The van der Waals surface area contributed by atoms with Gasteiger partial charge < -0.3 is 0 Å². The third-order valence-electron chi connectivity index (χ3n) is 4.57. The molecule has 1 aromatic rings. The van der Waals surface area contributed by atoms with Crippen LogP contribution in [0.3, 0.4) is 0 Å². The molecule has 144 valence electrons. The zero-order valence-electron chi connectivity index (χ0n) is 19.3. The monoisotopic (exact) mass is 370 g/mol. The maximum atomic E-state index is 12.3. The van der Waals surface area contributed by atoms with Crippen LogP contribution in [0.2, 0.25) is 5.09 Å². The second kappa shape index (κ2) is 9.91. The summed E-state index contributed by atoms with van der Waals surface area (Å²) in [5.74, 6) is 0. The molecule has 0 aliphatic heterocycles. The van der Waals surface area contributed by atoms with Crippen LogP contribution in [0, 0.1) is 0 Å². The van der Waals surface area contributed by atoms with Crippen LogP contribution < -0.4 is 0 Å². The van der Waals surface area contributed by atoms with E-state index in [4.69, 9.17) is 0 Å². The molecule has 3 heteroatoms. The van der Waals surface area contributed by atoms with E-state index in [2.05, 4.69) is 108 Å². The molecule has 0 aliphatic carbocycles. The van der Waals surface area contributed by atoms with Crippen molar-refractivity contribution in [3.8, 4) is 0 Å². The maximum absolute atomic E-state index is 12.3. The fraction of sp³-hybridized carbons (Fsp3) is 0.696. The van der Waals surface area contributed by atoms with E-state index in [0.717, 1.165) is 16.7 Å². The Hall–Kier alpha value is -0.0826. The Bertz CT molecular complexity index is 561. The Balaban J connectivity index is 0.00000110. The summed E-state index contributed by atoms with van der Waals surface area (Å²) >= 11 is 2.21. The van der Waals surface area contributed by atoms with Gasteiger partial charge in [0.25, 0.3) is 0 Å². The van der Waals surface area contributed by atoms with Crippen molar-refractivity contribution < 1.29 is 4.79 Å². The summed E-state index contributed by atoms with van der Waals surface area (Å²) in [7, 11) is 2.36. The molecule has 1 rings (SSSR count). The Morgan fingerprint density at radius 3 is 1.42 bits per heavy atom. The zero-order valence-corrected chi connectivity index (χ0v) is 20.4. The summed E-state index contributed by atoms with van der Waals surface area (Å²) in [4.78, 5) is 12.3. The van der Waals surface area contributed by atoms with E-state index in [1.54, 1.807) is 0 Å². The minimum atomic E-state index is -0.0528. The molecule has 0 N–H and O–H groups in total. The van der Waals surface area contributed by atoms with Gasteiger partial charge in [-0.3, -0.25) is 4.79 Å². The molecule has 0 fully saturated rings. The van der Waals surface area contributed by atoms with Gasteiger partial charge in [-0.15, -0.1) is 0 Å². The second-order valence-electron chi connectivity index (χ2n) is 10.4. The van der Waals surface area contributed by atoms with Crippen LogP contribution >= 0.6 is 9.24 Å². The number of carbonyl (C=O) groups excluding carboxylic acids is 1. The molecule has 0 saturated heterocycles. The van der Waals surface area contributed by atoms with E-state index < -0.39 is 0 Å². The molecule has 0 bridgehead atoms. The van der Waals surface area contributed by atoms with E-state index in [9.17, 15) is 4.79 Å². The molecule has 1 aromatic carbocycles. The Kier molecular flexibility index (Phi) is 9.88. The first-order valence-corrected chi connectivity index (χ1v) is 10.6. The predicted octanol–water partition coefficient (Wildman–Crippen LogP) is 6.97. The number of hydrogen-bond acceptors (Lipinski definition) is 1. The Morgan fingerprint density at radius 2 is 1.27 bits per heavy atom. The number of hydrogen-bond donors (Lipinski definition) is 0. The molecule has 0 aromatic heterocycles. The predicted molar refractivity (Wildman–Crippen MR) is 122 cm³/mol. The quantitative estimate of drug-likeness (QED) is 0.415. The molecule has 1 nitrogen and oxygen atoms in total. The van der Waals surface area contributed by atoms with E-state index in [1.807, 2.05) is 0 Å². The Labute approximate surface area is 174 Å². The molecule has 0 saturated carbocycles. The van der Waals surface area contributed by atoms with Gasteiger partial charge in [-0.2, -0.15) is 0 Å². The van der Waals surface area contributed by atoms with Gasteiger partial charge in [0.15, 0.2) is 5.52 Å². The molecule has 0 spiro atoms. The molecular weight excluding hydrogens is 330 g/mol. The van der Waals surface area contributed by atoms with E-state index in [0.29, 0.717) is 0 Å². The fourth-order valence-electron chi connectivity index (χ4n) is 2.88. The third-order valence-corrected chi connectivity index (χ3v) is 4.86. The fourth-order valence-corrected chi connectivity index (χ4v) is 3.19. The van der Waals surface area contributed by atoms with Gasteiger partial charge in [0.05, 0.1) is 0 Å².